The Morgan fingerprint density at radius 3 is 2.67 bits per heavy atom. The van der Waals surface area contributed by atoms with Crippen molar-refractivity contribution in [3.63, 3.8) is 0 Å². The van der Waals surface area contributed by atoms with Gasteiger partial charge in [0.25, 0.3) is 0 Å². The van der Waals surface area contributed by atoms with Gasteiger partial charge in [-0.15, -0.1) is 0 Å². The molecule has 1 N–H and O–H groups in total. The Morgan fingerprint density at radius 2 is 2.50 bits per heavy atom. The molecule has 1 aromatic heterocycles. The molecular weight excluding hydrogens is 174 g/mol. The lowest BCUT2D eigenvalue weighted by molar-refractivity contribution is 0.363. The SMILES string of the molecule is Cc1cccnc1.O=S=CCO. The molecule has 0 saturated carbocycles. The fourth-order valence-electron chi connectivity index (χ4n) is 0.479. The third kappa shape index (κ3) is 7.11. The Kier molecular flexibility index (Phi) is 7.42. The summed E-state index contributed by atoms with van der Waals surface area (Å²) in [5.74, 6) is 0. The van der Waals surface area contributed by atoms with E-state index >= 15 is 0 Å². The summed E-state index contributed by atoms with van der Waals surface area (Å²) in [6.45, 7) is 1.89. The van der Waals surface area contributed by atoms with Crippen LogP contribution in [0.25, 0.3) is 0 Å². The van der Waals surface area contributed by atoms with Crippen molar-refractivity contribution >= 4 is 16.6 Å². The van der Waals surface area contributed by atoms with Gasteiger partial charge in [0.05, 0.1) is 17.9 Å². The number of hydrogen-bond donors (Lipinski definition) is 1. The van der Waals surface area contributed by atoms with Gasteiger partial charge in [0.2, 0.25) is 0 Å². The van der Waals surface area contributed by atoms with Gasteiger partial charge in [0.15, 0.2) is 0 Å². The number of pyridine rings is 1. The molecule has 0 spiro atoms. The highest BCUT2D eigenvalue weighted by Crippen LogP contribution is 1.88. The van der Waals surface area contributed by atoms with Crippen LogP contribution in [0.4, 0.5) is 0 Å². The van der Waals surface area contributed by atoms with Crippen LogP contribution in [0.5, 0.6) is 0 Å². The first-order valence-electron chi connectivity index (χ1n) is 3.39. The molecule has 0 unspecified atom stereocenters. The fraction of sp³-hybridized carbons (Fsp3) is 0.250. The monoisotopic (exact) mass is 185 g/mol. The molecule has 0 amide bonds. The zero-order valence-electron chi connectivity index (χ0n) is 6.80. The highest BCUT2D eigenvalue weighted by molar-refractivity contribution is 7.64. The minimum atomic E-state index is -0.131. The number of aliphatic hydroxyl groups excluding tert-OH is 1. The maximum absolute atomic E-state index is 9.23. The van der Waals surface area contributed by atoms with E-state index in [0.717, 1.165) is 0 Å². The van der Waals surface area contributed by atoms with Gasteiger partial charge in [0.1, 0.15) is 0 Å². The van der Waals surface area contributed by atoms with E-state index in [-0.39, 0.29) is 17.9 Å². The lowest BCUT2D eigenvalue weighted by atomic mass is 10.3. The highest BCUT2D eigenvalue weighted by Gasteiger charge is 1.73. The van der Waals surface area contributed by atoms with Crippen molar-refractivity contribution in [2.75, 3.05) is 6.61 Å². The largest absolute Gasteiger partial charge is 0.391 e. The second-order valence-electron chi connectivity index (χ2n) is 1.98. The molecule has 1 rings (SSSR count). The molecule has 0 saturated heterocycles. The first-order valence-corrected chi connectivity index (χ1v) is 4.19. The number of nitrogens with zero attached hydrogens (tertiary/aromatic N) is 1. The lowest BCUT2D eigenvalue weighted by Gasteiger charge is -1.82. The molecule has 12 heavy (non-hydrogen) atoms. The number of hydrogen-bond acceptors (Lipinski definition) is 3. The number of aliphatic hydroxyl groups is 1. The second-order valence-corrected chi connectivity index (χ2v) is 2.50. The van der Waals surface area contributed by atoms with Crippen LogP contribution in [-0.4, -0.2) is 26.3 Å². The zero-order valence-corrected chi connectivity index (χ0v) is 7.62. The summed E-state index contributed by atoms with van der Waals surface area (Å²) in [6, 6.07) is 3.95. The maximum atomic E-state index is 9.23. The number of aromatic nitrogens is 1. The molecule has 0 aromatic carbocycles. The molecule has 0 fully saturated rings. The topological polar surface area (TPSA) is 50.2 Å². The van der Waals surface area contributed by atoms with E-state index in [9.17, 15) is 4.21 Å². The van der Waals surface area contributed by atoms with E-state index < -0.39 is 0 Å². The molecule has 0 aliphatic rings. The Labute approximate surface area is 75.2 Å². The summed E-state index contributed by atoms with van der Waals surface area (Å²) in [7, 11) is 0. The molecule has 0 bridgehead atoms. The van der Waals surface area contributed by atoms with Crippen molar-refractivity contribution < 1.29 is 9.32 Å². The Bertz CT molecular complexity index is 244. The molecule has 3 nitrogen and oxygen atoms in total. The van der Waals surface area contributed by atoms with Crippen LogP contribution in [-0.2, 0) is 11.3 Å². The van der Waals surface area contributed by atoms with Crippen LogP contribution in [0.2, 0.25) is 0 Å². The van der Waals surface area contributed by atoms with Gasteiger partial charge in [-0.25, -0.2) is 4.21 Å². The van der Waals surface area contributed by atoms with Crippen LogP contribution in [0.1, 0.15) is 5.56 Å². The van der Waals surface area contributed by atoms with E-state index in [1.165, 1.54) is 10.9 Å². The average molecular weight is 185 g/mol. The zero-order chi connectivity index (χ0) is 9.23. The van der Waals surface area contributed by atoms with Crippen LogP contribution in [0.15, 0.2) is 24.5 Å². The third-order valence-corrected chi connectivity index (χ3v) is 1.24. The predicted molar refractivity (Wildman–Crippen MR) is 50.3 cm³/mol. The van der Waals surface area contributed by atoms with Crippen molar-refractivity contribution in [3.8, 4) is 0 Å². The Morgan fingerprint density at radius 1 is 1.75 bits per heavy atom. The van der Waals surface area contributed by atoms with Gasteiger partial charge >= 0.3 is 0 Å². The van der Waals surface area contributed by atoms with Crippen LogP contribution in [0, 0.1) is 6.92 Å². The summed E-state index contributed by atoms with van der Waals surface area (Å²) < 4.78 is 9.23. The van der Waals surface area contributed by atoms with Crippen molar-refractivity contribution in [1.29, 1.82) is 0 Å². The maximum Gasteiger partial charge on any atom is 0.0865 e. The summed E-state index contributed by atoms with van der Waals surface area (Å²) in [5, 5.41) is 8.96. The molecule has 1 aromatic rings. The minimum Gasteiger partial charge on any atom is -0.391 e. The van der Waals surface area contributed by atoms with E-state index in [4.69, 9.17) is 5.11 Å². The van der Waals surface area contributed by atoms with E-state index in [0.29, 0.717) is 0 Å². The molecule has 0 aliphatic carbocycles. The molecule has 0 atom stereocenters. The van der Waals surface area contributed by atoms with Gasteiger partial charge in [-0.05, 0) is 18.6 Å². The lowest BCUT2D eigenvalue weighted by Crippen LogP contribution is -1.76. The van der Waals surface area contributed by atoms with Crippen molar-refractivity contribution in [2.45, 2.75) is 6.92 Å². The molecule has 66 valence electrons. The van der Waals surface area contributed by atoms with E-state index in [1.54, 1.807) is 6.20 Å². The fourth-order valence-corrected chi connectivity index (χ4v) is 0.539. The summed E-state index contributed by atoms with van der Waals surface area (Å²) in [5.41, 5.74) is 1.21. The smallest absolute Gasteiger partial charge is 0.0865 e. The third-order valence-electron chi connectivity index (χ3n) is 0.952. The van der Waals surface area contributed by atoms with Gasteiger partial charge in [0, 0.05) is 17.8 Å². The molecular formula is C8H11NO2S. The minimum absolute atomic E-state index is 0.131. The quantitative estimate of drug-likeness (QED) is 0.644. The number of rotatable bonds is 1. The van der Waals surface area contributed by atoms with Gasteiger partial charge in [-0.2, -0.15) is 0 Å². The van der Waals surface area contributed by atoms with Gasteiger partial charge in [-0.3, -0.25) is 4.98 Å². The van der Waals surface area contributed by atoms with E-state index in [1.807, 2.05) is 25.3 Å². The average Bonchev–Trinajstić information content (AvgIpc) is 2.08. The predicted octanol–water partition coefficient (Wildman–Crippen LogP) is 0.384. The molecule has 0 radical (unpaired) electrons. The summed E-state index contributed by atoms with van der Waals surface area (Å²) in [6.07, 6.45) is 3.60. The van der Waals surface area contributed by atoms with Crippen LogP contribution >= 0.6 is 0 Å². The van der Waals surface area contributed by atoms with Crippen LogP contribution < -0.4 is 0 Å². The number of aryl methyl sites for hydroxylation is 1. The second kappa shape index (κ2) is 8.10. The standard InChI is InChI=1S/C6H7N.C2H4O2S/c1-6-3-2-4-7-5-6;3-1-2-5-4/h2-5H,1H3;2-3H,1H2. The summed E-state index contributed by atoms with van der Waals surface area (Å²) >= 11 is 0.277. The first-order chi connectivity index (χ1) is 5.81. The van der Waals surface area contributed by atoms with Gasteiger partial charge < -0.3 is 5.11 Å². The Balaban J connectivity index is 0.000000217. The first kappa shape index (κ1) is 11.0. The van der Waals surface area contributed by atoms with Crippen LogP contribution in [0.3, 0.4) is 0 Å². The normalized spacial score (nSPS) is 7.83. The highest BCUT2D eigenvalue weighted by atomic mass is 32.1. The molecule has 4 heteroatoms. The Hall–Kier alpha value is -1.00. The van der Waals surface area contributed by atoms with Crippen molar-refractivity contribution in [3.05, 3.63) is 30.1 Å². The van der Waals surface area contributed by atoms with Gasteiger partial charge in [-0.1, -0.05) is 6.07 Å². The molecule has 0 aliphatic heterocycles. The molecule has 1 heterocycles. The van der Waals surface area contributed by atoms with Crippen molar-refractivity contribution in [1.82, 2.24) is 4.98 Å². The van der Waals surface area contributed by atoms with Crippen molar-refractivity contribution in [2.24, 2.45) is 0 Å². The summed E-state index contributed by atoms with van der Waals surface area (Å²) in [4.78, 5) is 3.88. The van der Waals surface area contributed by atoms with E-state index in [2.05, 4.69) is 4.98 Å².